The van der Waals surface area contributed by atoms with Crippen LogP contribution in [0, 0.1) is 12.3 Å². The van der Waals surface area contributed by atoms with E-state index in [9.17, 15) is 15.0 Å². The quantitative estimate of drug-likeness (QED) is 0.229. The average Bonchev–Trinajstić information content (AvgIpc) is 2.75. The molecule has 2 aromatic carbocycles. The Kier molecular flexibility index (Phi) is 7.09. The number of rotatable bonds is 7. The minimum atomic E-state index is -0.366. The highest BCUT2D eigenvalue weighted by molar-refractivity contribution is 9.10. The van der Waals surface area contributed by atoms with Gasteiger partial charge in [-0.25, -0.2) is 4.98 Å². The zero-order valence-electron chi connectivity index (χ0n) is 16.0. The van der Waals surface area contributed by atoms with Crippen molar-refractivity contribution in [1.82, 2.24) is 9.97 Å². The second kappa shape index (κ2) is 10.1. The maximum Gasteiger partial charge on any atom is 0.248 e. The van der Waals surface area contributed by atoms with E-state index >= 15 is 0 Å². The van der Waals surface area contributed by atoms with Crippen molar-refractivity contribution in [3.8, 4) is 29.7 Å². The monoisotopic (exact) mass is 480 g/mol. The van der Waals surface area contributed by atoms with Gasteiger partial charge < -0.3 is 25.6 Å². The molecule has 0 aliphatic heterocycles. The number of carbonyl (C=O) groups is 1. The fraction of sp³-hybridized carbons (Fsp3) is 0.0455. The number of hydrogen-bond donors (Lipinski definition) is 4. The Bertz CT molecular complexity index is 1170. The van der Waals surface area contributed by atoms with Crippen LogP contribution in [0.4, 0.5) is 17.3 Å². The third-order valence-corrected chi connectivity index (χ3v) is 4.36. The number of benzene rings is 2. The molecule has 1 amide bonds. The van der Waals surface area contributed by atoms with E-state index in [-0.39, 0.29) is 24.0 Å². The lowest BCUT2D eigenvalue weighted by Crippen LogP contribution is -2.08. The van der Waals surface area contributed by atoms with Gasteiger partial charge in [-0.3, -0.25) is 4.79 Å². The molecular weight excluding hydrogens is 464 g/mol. The molecule has 31 heavy (non-hydrogen) atoms. The first-order valence-corrected chi connectivity index (χ1v) is 9.71. The summed E-state index contributed by atoms with van der Waals surface area (Å²) in [4.78, 5) is 20.6. The van der Waals surface area contributed by atoms with E-state index < -0.39 is 0 Å². The Morgan fingerprint density at radius 1 is 1.19 bits per heavy atom. The molecule has 0 spiro atoms. The number of hydrogen-bond acceptors (Lipinski definition) is 7. The number of aromatic nitrogens is 2. The van der Waals surface area contributed by atoms with Crippen LogP contribution >= 0.6 is 15.9 Å². The number of phenolic OH excluding ortho intramolecular Hbond substituents is 2. The van der Waals surface area contributed by atoms with Crippen molar-refractivity contribution in [3.05, 3.63) is 64.8 Å². The molecule has 3 aromatic rings. The molecule has 0 aliphatic carbocycles. The van der Waals surface area contributed by atoms with Crippen LogP contribution in [0.25, 0.3) is 6.08 Å². The van der Waals surface area contributed by atoms with Crippen LogP contribution in [0.5, 0.6) is 17.4 Å². The highest BCUT2D eigenvalue weighted by Crippen LogP contribution is 2.26. The van der Waals surface area contributed by atoms with Gasteiger partial charge in [0.1, 0.15) is 0 Å². The van der Waals surface area contributed by atoms with Crippen LogP contribution in [-0.4, -0.2) is 32.7 Å². The van der Waals surface area contributed by atoms with Crippen LogP contribution in [-0.2, 0) is 4.79 Å². The number of amides is 1. The molecule has 0 fully saturated rings. The summed E-state index contributed by atoms with van der Waals surface area (Å²) in [7, 11) is 0. The maximum atomic E-state index is 12.2. The predicted octanol–water partition coefficient (Wildman–Crippen LogP) is 4.06. The molecule has 0 bridgehead atoms. The molecular formula is C22H17BrN4O4. The Morgan fingerprint density at radius 3 is 2.77 bits per heavy atom. The van der Waals surface area contributed by atoms with Crippen molar-refractivity contribution < 1.29 is 19.7 Å². The number of terminal acetylenes is 1. The summed E-state index contributed by atoms with van der Waals surface area (Å²) in [6.45, 7) is 0.0772. The van der Waals surface area contributed by atoms with Crippen molar-refractivity contribution in [2.45, 2.75) is 0 Å². The van der Waals surface area contributed by atoms with Crippen LogP contribution in [0.15, 0.2) is 59.2 Å². The zero-order valence-corrected chi connectivity index (χ0v) is 17.6. The van der Waals surface area contributed by atoms with Gasteiger partial charge in [-0.1, -0.05) is 18.1 Å². The van der Waals surface area contributed by atoms with E-state index in [2.05, 4.69) is 42.5 Å². The normalized spacial score (nSPS) is 10.5. The lowest BCUT2D eigenvalue weighted by atomic mass is 10.2. The number of phenols is 2. The van der Waals surface area contributed by atoms with Crippen LogP contribution < -0.4 is 15.4 Å². The van der Waals surface area contributed by atoms with Gasteiger partial charge in [-0.05, 0) is 57.9 Å². The fourth-order valence-corrected chi connectivity index (χ4v) is 2.73. The highest BCUT2D eigenvalue weighted by Gasteiger charge is 2.07. The Labute approximate surface area is 186 Å². The summed E-state index contributed by atoms with van der Waals surface area (Å²) in [5.74, 6) is 2.13. The molecule has 0 saturated heterocycles. The molecule has 1 heterocycles. The van der Waals surface area contributed by atoms with Crippen molar-refractivity contribution in [2.24, 2.45) is 0 Å². The largest absolute Gasteiger partial charge is 0.504 e. The van der Waals surface area contributed by atoms with Crippen LogP contribution in [0.2, 0.25) is 0 Å². The summed E-state index contributed by atoms with van der Waals surface area (Å²) in [6.07, 6.45) is 9.58. The summed E-state index contributed by atoms with van der Waals surface area (Å²) < 4.78 is 5.92. The van der Waals surface area contributed by atoms with Gasteiger partial charge in [0.25, 0.3) is 0 Å². The van der Waals surface area contributed by atoms with E-state index in [1.807, 2.05) is 0 Å². The number of carbonyl (C=O) groups excluding carboxylic acids is 1. The number of halogens is 1. The Morgan fingerprint density at radius 2 is 2.00 bits per heavy atom. The van der Waals surface area contributed by atoms with Gasteiger partial charge in [0.05, 0.1) is 10.7 Å². The second-order valence-electron chi connectivity index (χ2n) is 6.12. The first-order chi connectivity index (χ1) is 14.9. The summed E-state index contributed by atoms with van der Waals surface area (Å²) in [5.41, 5.74) is 1.76. The van der Waals surface area contributed by atoms with Gasteiger partial charge in [0, 0.05) is 17.5 Å². The number of anilines is 3. The third kappa shape index (κ3) is 6.22. The second-order valence-corrected chi connectivity index (χ2v) is 6.97. The smallest absolute Gasteiger partial charge is 0.248 e. The summed E-state index contributed by atoms with van der Waals surface area (Å²) in [6, 6.07) is 11.3. The van der Waals surface area contributed by atoms with E-state index in [4.69, 9.17) is 11.2 Å². The molecule has 8 nitrogen and oxygen atoms in total. The van der Waals surface area contributed by atoms with E-state index in [1.165, 1.54) is 24.3 Å². The Hall–Kier alpha value is -4.03. The van der Waals surface area contributed by atoms with Gasteiger partial charge in [-0.2, -0.15) is 4.98 Å². The topological polar surface area (TPSA) is 117 Å². The summed E-state index contributed by atoms with van der Waals surface area (Å²) in [5, 5.41) is 24.6. The van der Waals surface area contributed by atoms with Crippen molar-refractivity contribution >= 4 is 45.2 Å². The van der Waals surface area contributed by atoms with E-state index in [0.29, 0.717) is 33.2 Å². The number of ether oxygens (including phenoxy) is 1. The lowest BCUT2D eigenvalue weighted by molar-refractivity contribution is -0.111. The molecule has 156 valence electrons. The molecule has 0 aliphatic rings. The molecule has 9 heteroatoms. The van der Waals surface area contributed by atoms with Gasteiger partial charge in [0.15, 0.2) is 18.1 Å². The molecule has 0 radical (unpaired) electrons. The van der Waals surface area contributed by atoms with Crippen molar-refractivity contribution in [2.75, 3.05) is 17.2 Å². The SMILES string of the molecule is C#CCOc1nc(Nc2cccc(NC(=O)/C=C/c3ccc(O)c(O)c3)c2)ncc1Br. The van der Waals surface area contributed by atoms with Gasteiger partial charge in [0.2, 0.25) is 17.7 Å². The van der Waals surface area contributed by atoms with Crippen molar-refractivity contribution in [1.29, 1.82) is 0 Å². The first kappa shape index (κ1) is 21.7. The number of aromatic hydroxyl groups is 2. The van der Waals surface area contributed by atoms with E-state index in [0.717, 1.165) is 0 Å². The minimum Gasteiger partial charge on any atom is -0.504 e. The molecule has 0 unspecified atom stereocenters. The standard InChI is InChI=1S/C22H17BrN4O4/c1-2-10-31-21-17(23)13-24-22(27-21)26-16-5-3-4-15(12-16)25-20(30)9-7-14-6-8-18(28)19(29)11-14/h1,3-9,11-13,28-29H,10H2,(H,25,30)(H,24,26,27)/b9-7+. The minimum absolute atomic E-state index is 0.0772. The molecule has 4 N–H and O–H groups in total. The molecule has 1 aromatic heterocycles. The van der Waals surface area contributed by atoms with Gasteiger partial charge in [-0.15, -0.1) is 6.42 Å². The first-order valence-electron chi connectivity index (χ1n) is 8.91. The molecule has 3 rings (SSSR count). The fourth-order valence-electron chi connectivity index (χ4n) is 2.43. The lowest BCUT2D eigenvalue weighted by Gasteiger charge is -2.09. The highest BCUT2D eigenvalue weighted by atomic mass is 79.9. The molecule has 0 saturated carbocycles. The number of nitrogens with zero attached hydrogens (tertiary/aromatic N) is 2. The van der Waals surface area contributed by atoms with Crippen LogP contribution in [0.1, 0.15) is 5.56 Å². The summed E-state index contributed by atoms with van der Waals surface area (Å²) >= 11 is 3.30. The zero-order chi connectivity index (χ0) is 22.2. The van der Waals surface area contributed by atoms with E-state index in [1.54, 1.807) is 36.5 Å². The predicted molar refractivity (Wildman–Crippen MR) is 121 cm³/mol. The Balaban J connectivity index is 1.66. The molecule has 0 atom stereocenters. The third-order valence-electron chi connectivity index (χ3n) is 3.82. The van der Waals surface area contributed by atoms with Crippen LogP contribution in [0.3, 0.4) is 0 Å². The average molecular weight is 481 g/mol. The van der Waals surface area contributed by atoms with Crippen molar-refractivity contribution in [3.63, 3.8) is 0 Å². The van der Waals surface area contributed by atoms with Gasteiger partial charge >= 0.3 is 0 Å². The number of nitrogens with one attached hydrogen (secondary N) is 2. The maximum absolute atomic E-state index is 12.2.